The van der Waals surface area contributed by atoms with E-state index in [0.717, 1.165) is 44.5 Å². The molecule has 2 fully saturated rings. The van der Waals surface area contributed by atoms with Crippen molar-refractivity contribution in [1.29, 1.82) is 0 Å². The second-order valence-electron chi connectivity index (χ2n) is 7.33. The topological polar surface area (TPSA) is 79.9 Å². The van der Waals surface area contributed by atoms with Gasteiger partial charge in [-0.15, -0.1) is 0 Å². The van der Waals surface area contributed by atoms with Crippen molar-refractivity contribution in [2.24, 2.45) is 5.92 Å². The Hall–Kier alpha value is -2.28. The minimum Gasteiger partial charge on any atom is -0.454 e. The van der Waals surface area contributed by atoms with Crippen LogP contribution >= 0.6 is 0 Å². The summed E-state index contributed by atoms with van der Waals surface area (Å²) < 4.78 is 10.6. The third-order valence-electron chi connectivity index (χ3n) is 5.39. The molecule has 0 bridgehead atoms. The number of rotatable bonds is 5. The molecule has 7 heteroatoms. The molecule has 0 aromatic heterocycles. The molecule has 2 heterocycles. The number of nitrogens with zero attached hydrogens (tertiary/aromatic N) is 1. The molecule has 3 aliphatic rings. The zero-order valence-electron chi connectivity index (χ0n) is 15.0. The zero-order valence-corrected chi connectivity index (χ0v) is 15.0. The highest BCUT2D eigenvalue weighted by molar-refractivity contribution is 5.93. The van der Waals surface area contributed by atoms with Crippen LogP contribution < -0.4 is 20.1 Å². The van der Waals surface area contributed by atoms with Gasteiger partial charge in [-0.25, -0.2) is 0 Å². The Kier molecular flexibility index (Phi) is 4.72. The normalized spacial score (nSPS) is 21.3. The van der Waals surface area contributed by atoms with Crippen LogP contribution in [0, 0.1) is 5.92 Å². The first-order valence-corrected chi connectivity index (χ1v) is 9.35. The van der Waals surface area contributed by atoms with Gasteiger partial charge in [0.05, 0.1) is 6.04 Å². The standard InChI is InChI=1S/C19H25N3O4/c1-12(18(23)20-14-2-3-14)22-8-6-13(7-9-22)19(24)21-15-4-5-16-17(10-15)26-11-25-16/h4-5,10,12-14H,2-3,6-9,11H2,1H3,(H,20,23)(H,21,24)/t12-/m1/s1. The second kappa shape index (κ2) is 7.15. The van der Waals surface area contributed by atoms with Crippen molar-refractivity contribution in [3.63, 3.8) is 0 Å². The van der Waals surface area contributed by atoms with E-state index < -0.39 is 0 Å². The largest absolute Gasteiger partial charge is 0.454 e. The monoisotopic (exact) mass is 359 g/mol. The van der Waals surface area contributed by atoms with Crippen LogP contribution in [0.15, 0.2) is 18.2 Å². The number of hydrogen-bond donors (Lipinski definition) is 2. The highest BCUT2D eigenvalue weighted by Crippen LogP contribution is 2.34. The van der Waals surface area contributed by atoms with Gasteiger partial charge in [-0.3, -0.25) is 14.5 Å². The first-order valence-electron chi connectivity index (χ1n) is 9.35. The first kappa shape index (κ1) is 17.1. The Bertz CT molecular complexity index is 696. The van der Waals surface area contributed by atoms with E-state index in [1.165, 1.54) is 0 Å². The van der Waals surface area contributed by atoms with Gasteiger partial charge < -0.3 is 20.1 Å². The molecule has 26 heavy (non-hydrogen) atoms. The van der Waals surface area contributed by atoms with Gasteiger partial charge in [0.25, 0.3) is 0 Å². The third-order valence-corrected chi connectivity index (χ3v) is 5.39. The molecular formula is C19H25N3O4. The second-order valence-corrected chi connectivity index (χ2v) is 7.33. The van der Waals surface area contributed by atoms with Gasteiger partial charge in [-0.05, 0) is 57.8 Å². The fourth-order valence-corrected chi connectivity index (χ4v) is 3.48. The summed E-state index contributed by atoms with van der Waals surface area (Å²) in [5.41, 5.74) is 0.721. The van der Waals surface area contributed by atoms with Crippen molar-refractivity contribution >= 4 is 17.5 Å². The predicted molar refractivity (Wildman–Crippen MR) is 96.1 cm³/mol. The number of nitrogens with one attached hydrogen (secondary N) is 2. The summed E-state index contributed by atoms with van der Waals surface area (Å²) in [6.07, 6.45) is 3.72. The molecule has 0 radical (unpaired) electrons. The molecule has 1 aromatic carbocycles. The number of carbonyl (C=O) groups excluding carboxylic acids is 2. The highest BCUT2D eigenvalue weighted by atomic mass is 16.7. The molecule has 4 rings (SSSR count). The SMILES string of the molecule is C[C@H](C(=O)NC1CC1)N1CCC(C(=O)Nc2ccc3c(c2)OCO3)CC1. The maximum Gasteiger partial charge on any atom is 0.237 e. The minimum absolute atomic E-state index is 0.0265. The minimum atomic E-state index is -0.131. The van der Waals surface area contributed by atoms with Crippen LogP contribution in [0.2, 0.25) is 0 Å². The van der Waals surface area contributed by atoms with Crippen LogP contribution in [-0.4, -0.2) is 48.7 Å². The number of anilines is 1. The highest BCUT2D eigenvalue weighted by Gasteiger charge is 2.32. The van der Waals surface area contributed by atoms with Gasteiger partial charge in [0, 0.05) is 23.7 Å². The molecule has 1 aliphatic carbocycles. The Balaban J connectivity index is 1.27. The lowest BCUT2D eigenvalue weighted by molar-refractivity contribution is -0.127. The lowest BCUT2D eigenvalue weighted by Crippen LogP contribution is -2.49. The van der Waals surface area contributed by atoms with Crippen LogP contribution in [0.3, 0.4) is 0 Å². The van der Waals surface area contributed by atoms with E-state index in [1.54, 1.807) is 12.1 Å². The summed E-state index contributed by atoms with van der Waals surface area (Å²) in [7, 11) is 0. The van der Waals surface area contributed by atoms with Gasteiger partial charge in [-0.2, -0.15) is 0 Å². The lowest BCUT2D eigenvalue weighted by Gasteiger charge is -2.34. The van der Waals surface area contributed by atoms with Crippen molar-refractivity contribution in [2.45, 2.75) is 44.7 Å². The molecule has 140 valence electrons. The van der Waals surface area contributed by atoms with Gasteiger partial charge in [0.1, 0.15) is 0 Å². The van der Waals surface area contributed by atoms with E-state index >= 15 is 0 Å². The summed E-state index contributed by atoms with van der Waals surface area (Å²) in [5.74, 6) is 1.47. The molecule has 2 N–H and O–H groups in total. The molecule has 0 spiro atoms. The molecular weight excluding hydrogens is 334 g/mol. The van der Waals surface area contributed by atoms with E-state index in [2.05, 4.69) is 15.5 Å². The quantitative estimate of drug-likeness (QED) is 0.837. The number of hydrogen-bond acceptors (Lipinski definition) is 5. The zero-order chi connectivity index (χ0) is 18.1. The molecule has 2 aliphatic heterocycles. The van der Waals surface area contributed by atoms with E-state index in [9.17, 15) is 9.59 Å². The van der Waals surface area contributed by atoms with Crippen molar-refractivity contribution < 1.29 is 19.1 Å². The van der Waals surface area contributed by atoms with Crippen LogP contribution in [0.5, 0.6) is 11.5 Å². The Morgan fingerprint density at radius 2 is 1.85 bits per heavy atom. The molecule has 0 unspecified atom stereocenters. The number of fused-ring (bicyclic) bond motifs is 1. The van der Waals surface area contributed by atoms with Gasteiger partial charge in [0.2, 0.25) is 18.6 Å². The smallest absolute Gasteiger partial charge is 0.237 e. The summed E-state index contributed by atoms with van der Waals surface area (Å²) in [5, 5.41) is 6.03. The molecule has 2 amide bonds. The molecule has 1 aromatic rings. The molecule has 1 saturated carbocycles. The van der Waals surface area contributed by atoms with E-state index in [4.69, 9.17) is 9.47 Å². The Morgan fingerprint density at radius 3 is 2.58 bits per heavy atom. The number of likely N-dealkylation sites (tertiary alicyclic amines) is 1. The van der Waals surface area contributed by atoms with Gasteiger partial charge >= 0.3 is 0 Å². The first-order chi connectivity index (χ1) is 12.6. The summed E-state index contributed by atoms with van der Waals surface area (Å²) >= 11 is 0. The average molecular weight is 359 g/mol. The number of piperidine rings is 1. The van der Waals surface area contributed by atoms with Crippen LogP contribution in [-0.2, 0) is 9.59 Å². The number of ether oxygens (including phenoxy) is 2. The Morgan fingerprint density at radius 1 is 1.12 bits per heavy atom. The van der Waals surface area contributed by atoms with Crippen LogP contribution in [0.1, 0.15) is 32.6 Å². The van der Waals surface area contributed by atoms with Crippen molar-refractivity contribution in [3.8, 4) is 11.5 Å². The predicted octanol–water partition coefficient (Wildman–Crippen LogP) is 1.73. The maximum absolute atomic E-state index is 12.6. The van der Waals surface area contributed by atoms with Crippen molar-refractivity contribution in [3.05, 3.63) is 18.2 Å². The number of amides is 2. The fraction of sp³-hybridized carbons (Fsp3) is 0.579. The third kappa shape index (κ3) is 3.77. The maximum atomic E-state index is 12.6. The average Bonchev–Trinajstić information content (AvgIpc) is 3.34. The lowest BCUT2D eigenvalue weighted by atomic mass is 9.94. The summed E-state index contributed by atoms with van der Waals surface area (Å²) in [6, 6.07) is 5.68. The van der Waals surface area contributed by atoms with Gasteiger partial charge in [0.15, 0.2) is 11.5 Å². The van der Waals surface area contributed by atoms with Crippen LogP contribution in [0.25, 0.3) is 0 Å². The summed E-state index contributed by atoms with van der Waals surface area (Å²) in [4.78, 5) is 26.9. The van der Waals surface area contributed by atoms with E-state index in [-0.39, 0.29) is 30.6 Å². The summed E-state index contributed by atoms with van der Waals surface area (Å²) in [6.45, 7) is 3.69. The molecule has 1 saturated heterocycles. The van der Waals surface area contributed by atoms with E-state index in [1.807, 2.05) is 13.0 Å². The number of benzene rings is 1. The number of carbonyl (C=O) groups is 2. The Labute approximate surface area is 153 Å². The van der Waals surface area contributed by atoms with Crippen molar-refractivity contribution in [2.75, 3.05) is 25.2 Å². The fourth-order valence-electron chi connectivity index (χ4n) is 3.48. The van der Waals surface area contributed by atoms with Crippen LogP contribution in [0.4, 0.5) is 5.69 Å². The van der Waals surface area contributed by atoms with E-state index in [0.29, 0.717) is 17.5 Å². The molecule has 7 nitrogen and oxygen atoms in total. The molecule has 1 atom stereocenters. The van der Waals surface area contributed by atoms with Gasteiger partial charge in [-0.1, -0.05) is 0 Å². The van der Waals surface area contributed by atoms with Crippen molar-refractivity contribution in [1.82, 2.24) is 10.2 Å².